The van der Waals surface area contributed by atoms with Crippen LogP contribution in [0, 0.1) is 0 Å². The molecule has 0 spiro atoms. The van der Waals surface area contributed by atoms with Crippen LogP contribution in [-0.2, 0) is 0 Å². The van der Waals surface area contributed by atoms with Gasteiger partial charge in [-0.15, -0.1) is 0 Å². The minimum atomic E-state index is 0.636. The zero-order chi connectivity index (χ0) is 36.6. The molecule has 1 aliphatic rings. The van der Waals surface area contributed by atoms with Crippen LogP contribution in [0.15, 0.2) is 12.4 Å². The number of unbranched alkanes of at least 4 members (excludes halogenated alkanes) is 37. The van der Waals surface area contributed by atoms with Crippen molar-refractivity contribution < 1.29 is 0 Å². The Hall–Kier alpha value is -0.660. The van der Waals surface area contributed by atoms with E-state index in [9.17, 15) is 0 Å². The van der Waals surface area contributed by atoms with Crippen molar-refractivity contribution in [1.29, 1.82) is 0 Å². The molecule has 0 amide bonds. The van der Waals surface area contributed by atoms with E-state index in [1.807, 2.05) is 0 Å². The standard InChI is InChI=1S/C49H98N2/c1-4-7-10-13-16-19-22-24-26-27-29-32-35-38-41-44-49-50(45-42-39-36-33-30-21-18-15-12-9-6-3)47-48-51(49)46-43-40-37-34-31-28-25-23-20-17-14-11-8-5-2/h47-49H,4-46H2,1-3H3. The quantitative estimate of drug-likeness (QED) is 0.0580. The highest BCUT2D eigenvalue weighted by Crippen LogP contribution is 2.24. The molecule has 0 aromatic rings. The summed E-state index contributed by atoms with van der Waals surface area (Å²) in [4.78, 5) is 5.48. The molecule has 0 bridgehead atoms. The van der Waals surface area contributed by atoms with Gasteiger partial charge in [-0.3, -0.25) is 0 Å². The Morgan fingerprint density at radius 1 is 0.255 bits per heavy atom. The van der Waals surface area contributed by atoms with Crippen molar-refractivity contribution in [3.63, 3.8) is 0 Å². The van der Waals surface area contributed by atoms with Gasteiger partial charge < -0.3 is 9.80 Å². The molecule has 2 heteroatoms. The highest BCUT2D eigenvalue weighted by atomic mass is 15.4. The molecule has 51 heavy (non-hydrogen) atoms. The van der Waals surface area contributed by atoms with Crippen molar-refractivity contribution in [3.8, 4) is 0 Å². The van der Waals surface area contributed by atoms with E-state index in [1.54, 1.807) is 0 Å². The van der Waals surface area contributed by atoms with E-state index in [1.165, 1.54) is 276 Å². The monoisotopic (exact) mass is 715 g/mol. The van der Waals surface area contributed by atoms with Crippen LogP contribution in [0.2, 0.25) is 0 Å². The Labute approximate surface area is 324 Å². The highest BCUT2D eigenvalue weighted by Gasteiger charge is 2.24. The average molecular weight is 715 g/mol. The second kappa shape index (κ2) is 40.5. The average Bonchev–Trinajstić information content (AvgIpc) is 3.53. The maximum atomic E-state index is 2.74. The van der Waals surface area contributed by atoms with Crippen molar-refractivity contribution >= 4 is 0 Å². The summed E-state index contributed by atoms with van der Waals surface area (Å²) in [6.45, 7) is 9.49. The second-order valence-electron chi connectivity index (χ2n) is 17.1. The molecule has 304 valence electrons. The zero-order valence-corrected chi connectivity index (χ0v) is 36.0. The molecule has 0 saturated heterocycles. The van der Waals surface area contributed by atoms with Gasteiger partial charge in [0.1, 0.15) is 6.17 Å². The van der Waals surface area contributed by atoms with Gasteiger partial charge in [-0.1, -0.05) is 258 Å². The molecule has 0 aromatic carbocycles. The maximum Gasteiger partial charge on any atom is 0.101 e. The first kappa shape index (κ1) is 48.4. The molecule has 0 aromatic heterocycles. The molecule has 0 radical (unpaired) electrons. The molecular formula is C49H98N2. The van der Waals surface area contributed by atoms with Crippen LogP contribution in [0.1, 0.15) is 284 Å². The highest BCUT2D eigenvalue weighted by molar-refractivity contribution is 4.97. The topological polar surface area (TPSA) is 6.48 Å². The largest absolute Gasteiger partial charge is 0.356 e. The molecule has 1 atom stereocenters. The molecule has 0 fully saturated rings. The Kier molecular flexibility index (Phi) is 38.4. The zero-order valence-electron chi connectivity index (χ0n) is 36.0. The third kappa shape index (κ3) is 32.5. The lowest BCUT2D eigenvalue weighted by Gasteiger charge is -2.33. The summed E-state index contributed by atoms with van der Waals surface area (Å²) in [5.74, 6) is 0. The van der Waals surface area contributed by atoms with E-state index < -0.39 is 0 Å². The molecule has 0 N–H and O–H groups in total. The van der Waals surface area contributed by atoms with Gasteiger partial charge in [-0.05, 0) is 25.7 Å². The lowest BCUT2D eigenvalue weighted by atomic mass is 10.0. The van der Waals surface area contributed by atoms with Gasteiger partial charge in [0.05, 0.1) is 0 Å². The van der Waals surface area contributed by atoms with Crippen LogP contribution >= 0.6 is 0 Å². The molecular weight excluding hydrogens is 617 g/mol. The van der Waals surface area contributed by atoms with Crippen LogP contribution in [-0.4, -0.2) is 29.1 Å². The fourth-order valence-corrected chi connectivity index (χ4v) is 8.48. The van der Waals surface area contributed by atoms with Gasteiger partial charge in [-0.2, -0.15) is 0 Å². The van der Waals surface area contributed by atoms with Crippen LogP contribution in [0.3, 0.4) is 0 Å². The fraction of sp³-hybridized carbons (Fsp3) is 0.959. The van der Waals surface area contributed by atoms with Crippen molar-refractivity contribution in [1.82, 2.24) is 9.80 Å². The molecule has 1 heterocycles. The molecule has 0 aliphatic carbocycles. The van der Waals surface area contributed by atoms with Crippen molar-refractivity contribution in [3.05, 3.63) is 12.4 Å². The van der Waals surface area contributed by atoms with E-state index in [2.05, 4.69) is 43.0 Å². The van der Waals surface area contributed by atoms with Gasteiger partial charge in [0.2, 0.25) is 0 Å². The summed E-state index contributed by atoms with van der Waals surface area (Å²) in [5.41, 5.74) is 0. The van der Waals surface area contributed by atoms with Crippen LogP contribution in [0.25, 0.3) is 0 Å². The van der Waals surface area contributed by atoms with Gasteiger partial charge >= 0.3 is 0 Å². The smallest absolute Gasteiger partial charge is 0.101 e. The van der Waals surface area contributed by atoms with E-state index in [-0.39, 0.29) is 0 Å². The predicted molar refractivity (Wildman–Crippen MR) is 233 cm³/mol. The normalized spacial score (nSPS) is 14.5. The van der Waals surface area contributed by atoms with Crippen LogP contribution in [0.5, 0.6) is 0 Å². The summed E-state index contributed by atoms with van der Waals surface area (Å²) >= 11 is 0. The van der Waals surface area contributed by atoms with Gasteiger partial charge in [0, 0.05) is 25.5 Å². The number of hydrogen-bond acceptors (Lipinski definition) is 2. The Morgan fingerprint density at radius 2 is 0.451 bits per heavy atom. The van der Waals surface area contributed by atoms with E-state index in [4.69, 9.17) is 0 Å². The lowest BCUT2D eigenvalue weighted by Crippen LogP contribution is -2.39. The van der Waals surface area contributed by atoms with E-state index in [0.29, 0.717) is 6.17 Å². The SMILES string of the molecule is CCCCCCCCCCCCCCCCCC1N(CCCCCCCCCCCCC)C=CN1CCCCCCCCCCCCCCCC. The summed E-state index contributed by atoms with van der Waals surface area (Å²) in [6, 6.07) is 0. The Balaban J connectivity index is 2.20. The van der Waals surface area contributed by atoms with E-state index >= 15 is 0 Å². The first-order chi connectivity index (χ1) is 25.3. The Morgan fingerprint density at radius 3 is 0.686 bits per heavy atom. The molecule has 2 nitrogen and oxygen atoms in total. The maximum absolute atomic E-state index is 2.74. The van der Waals surface area contributed by atoms with E-state index in [0.717, 1.165) is 0 Å². The van der Waals surface area contributed by atoms with Crippen LogP contribution < -0.4 is 0 Å². The fourth-order valence-electron chi connectivity index (χ4n) is 8.48. The van der Waals surface area contributed by atoms with Crippen molar-refractivity contribution in [2.45, 2.75) is 290 Å². The number of nitrogens with zero attached hydrogens (tertiary/aromatic N) is 2. The van der Waals surface area contributed by atoms with Crippen molar-refractivity contribution in [2.24, 2.45) is 0 Å². The second-order valence-corrected chi connectivity index (χ2v) is 17.1. The van der Waals surface area contributed by atoms with Crippen molar-refractivity contribution in [2.75, 3.05) is 13.1 Å². The third-order valence-corrected chi connectivity index (χ3v) is 12.1. The predicted octanol–water partition coefficient (Wildman–Crippen LogP) is 17.5. The van der Waals surface area contributed by atoms with Gasteiger partial charge in [0.25, 0.3) is 0 Å². The molecule has 0 saturated carbocycles. The molecule has 1 unspecified atom stereocenters. The minimum Gasteiger partial charge on any atom is -0.356 e. The third-order valence-electron chi connectivity index (χ3n) is 12.1. The number of rotatable bonds is 43. The first-order valence-corrected chi connectivity index (χ1v) is 24.5. The summed E-state index contributed by atoms with van der Waals surface area (Å²) < 4.78 is 0. The van der Waals surface area contributed by atoms with Gasteiger partial charge in [0.15, 0.2) is 0 Å². The Bertz CT molecular complexity index is 673. The molecule has 1 aliphatic heterocycles. The lowest BCUT2D eigenvalue weighted by molar-refractivity contribution is 0.135. The van der Waals surface area contributed by atoms with Gasteiger partial charge in [-0.25, -0.2) is 0 Å². The minimum absolute atomic E-state index is 0.636. The number of hydrogen-bond donors (Lipinski definition) is 0. The summed E-state index contributed by atoms with van der Waals surface area (Å²) in [5, 5.41) is 0. The summed E-state index contributed by atoms with van der Waals surface area (Å²) in [6.07, 6.45) is 64.9. The molecule has 1 rings (SSSR count). The first-order valence-electron chi connectivity index (χ1n) is 24.5. The van der Waals surface area contributed by atoms with Crippen LogP contribution in [0.4, 0.5) is 0 Å². The summed E-state index contributed by atoms with van der Waals surface area (Å²) in [7, 11) is 0.